The van der Waals surface area contributed by atoms with Gasteiger partial charge in [-0.2, -0.15) is 0 Å². The van der Waals surface area contributed by atoms with Crippen LogP contribution in [0.4, 0.5) is 5.69 Å². The zero-order chi connectivity index (χ0) is 20.3. The standard InChI is InChI=1S/C20H26N2O4S2/c1-15-6-4-7-16(2)22(15)19(23)14-26-18-11-9-17(10-12-18)21(3)28(24,25)20-8-5-13-27-20/h5,8-13,15-16H,4,6-7,14H2,1-3H3. The molecule has 152 valence electrons. The highest BCUT2D eigenvalue weighted by Gasteiger charge is 2.29. The molecule has 3 rings (SSSR count). The number of carbonyl (C=O) groups excluding carboxylic acids is 1. The van der Waals surface area contributed by atoms with Crippen LogP contribution in [0.5, 0.6) is 5.75 Å². The lowest BCUT2D eigenvalue weighted by Crippen LogP contribution is -2.49. The highest BCUT2D eigenvalue weighted by Crippen LogP contribution is 2.27. The van der Waals surface area contributed by atoms with E-state index in [0.29, 0.717) is 15.6 Å². The molecule has 6 nitrogen and oxygen atoms in total. The van der Waals surface area contributed by atoms with Crippen LogP contribution in [0.15, 0.2) is 46.0 Å². The third-order valence-electron chi connectivity index (χ3n) is 5.15. The lowest BCUT2D eigenvalue weighted by molar-refractivity contribution is -0.139. The average Bonchev–Trinajstić information content (AvgIpc) is 3.22. The lowest BCUT2D eigenvalue weighted by atomic mass is 9.97. The van der Waals surface area contributed by atoms with Gasteiger partial charge < -0.3 is 9.64 Å². The first-order chi connectivity index (χ1) is 13.3. The summed E-state index contributed by atoms with van der Waals surface area (Å²) >= 11 is 1.18. The summed E-state index contributed by atoms with van der Waals surface area (Å²) in [6, 6.07) is 10.5. The minimum Gasteiger partial charge on any atom is -0.484 e. The van der Waals surface area contributed by atoms with E-state index in [4.69, 9.17) is 4.74 Å². The highest BCUT2D eigenvalue weighted by molar-refractivity contribution is 7.94. The first kappa shape index (κ1) is 20.7. The number of rotatable bonds is 6. The summed E-state index contributed by atoms with van der Waals surface area (Å²) in [5, 5.41) is 1.73. The number of piperidine rings is 1. The lowest BCUT2D eigenvalue weighted by Gasteiger charge is -2.38. The van der Waals surface area contributed by atoms with E-state index >= 15 is 0 Å². The summed E-state index contributed by atoms with van der Waals surface area (Å²) in [6.07, 6.45) is 3.20. The van der Waals surface area contributed by atoms with Crippen LogP contribution >= 0.6 is 11.3 Å². The van der Waals surface area contributed by atoms with E-state index in [0.717, 1.165) is 19.3 Å². The average molecular weight is 423 g/mol. The second-order valence-corrected chi connectivity index (χ2v) is 10.3. The number of sulfonamides is 1. The van der Waals surface area contributed by atoms with Crippen LogP contribution in [0.3, 0.4) is 0 Å². The van der Waals surface area contributed by atoms with Crippen molar-refractivity contribution in [2.24, 2.45) is 0 Å². The maximum Gasteiger partial charge on any atom is 0.273 e. The van der Waals surface area contributed by atoms with E-state index in [1.165, 1.54) is 22.7 Å². The Balaban J connectivity index is 1.62. The molecule has 0 N–H and O–H groups in total. The molecular weight excluding hydrogens is 396 g/mol. The van der Waals surface area contributed by atoms with Gasteiger partial charge in [-0.05, 0) is 68.8 Å². The SMILES string of the molecule is CC1CCCC(C)N1C(=O)COc1ccc(N(C)S(=O)(=O)c2cccs2)cc1. The monoisotopic (exact) mass is 422 g/mol. The van der Waals surface area contributed by atoms with E-state index in [9.17, 15) is 13.2 Å². The molecule has 1 aromatic carbocycles. The number of benzene rings is 1. The topological polar surface area (TPSA) is 66.9 Å². The summed E-state index contributed by atoms with van der Waals surface area (Å²) in [6.45, 7) is 4.13. The predicted molar refractivity (Wildman–Crippen MR) is 111 cm³/mol. The number of hydrogen-bond acceptors (Lipinski definition) is 5. The van der Waals surface area contributed by atoms with Crippen molar-refractivity contribution < 1.29 is 17.9 Å². The summed E-state index contributed by atoms with van der Waals surface area (Å²) in [4.78, 5) is 14.5. The quantitative estimate of drug-likeness (QED) is 0.711. The van der Waals surface area contributed by atoms with Crippen molar-refractivity contribution in [3.8, 4) is 5.75 Å². The Morgan fingerprint density at radius 3 is 2.39 bits per heavy atom. The van der Waals surface area contributed by atoms with Crippen LogP contribution in [0.25, 0.3) is 0 Å². The Hall–Kier alpha value is -2.06. The number of anilines is 1. The molecular formula is C20H26N2O4S2. The largest absolute Gasteiger partial charge is 0.484 e. The zero-order valence-electron chi connectivity index (χ0n) is 16.4. The molecule has 2 atom stereocenters. The van der Waals surface area contributed by atoms with Gasteiger partial charge in [0.15, 0.2) is 6.61 Å². The molecule has 1 aromatic heterocycles. The number of ether oxygens (including phenoxy) is 1. The fraction of sp³-hybridized carbons (Fsp3) is 0.450. The van der Waals surface area contributed by atoms with Crippen molar-refractivity contribution in [1.82, 2.24) is 4.90 Å². The number of nitrogens with zero attached hydrogens (tertiary/aromatic N) is 2. The van der Waals surface area contributed by atoms with Crippen LogP contribution < -0.4 is 9.04 Å². The molecule has 0 aliphatic carbocycles. The molecule has 1 saturated heterocycles. The Labute approximate surface area is 170 Å². The highest BCUT2D eigenvalue weighted by atomic mass is 32.2. The Kier molecular flexibility index (Phi) is 6.30. The van der Waals surface area contributed by atoms with E-state index in [1.54, 1.807) is 41.8 Å². The number of likely N-dealkylation sites (tertiary alicyclic amines) is 1. The Bertz CT molecular complexity index is 885. The fourth-order valence-corrected chi connectivity index (χ4v) is 5.93. The van der Waals surface area contributed by atoms with Crippen LogP contribution in [0.2, 0.25) is 0 Å². The van der Waals surface area contributed by atoms with Gasteiger partial charge >= 0.3 is 0 Å². The molecule has 0 radical (unpaired) electrons. The van der Waals surface area contributed by atoms with E-state index in [-0.39, 0.29) is 24.6 Å². The Morgan fingerprint density at radius 2 is 1.82 bits per heavy atom. The minimum absolute atomic E-state index is 0.0128. The van der Waals surface area contributed by atoms with Gasteiger partial charge in [0.2, 0.25) is 0 Å². The van der Waals surface area contributed by atoms with Crippen molar-refractivity contribution >= 4 is 33.0 Å². The minimum atomic E-state index is -3.56. The normalized spacial score (nSPS) is 20.0. The molecule has 2 aromatic rings. The molecule has 0 saturated carbocycles. The van der Waals surface area contributed by atoms with E-state index < -0.39 is 10.0 Å². The van der Waals surface area contributed by atoms with Gasteiger partial charge in [0.05, 0.1) is 5.69 Å². The van der Waals surface area contributed by atoms with Gasteiger partial charge in [0.25, 0.3) is 15.9 Å². The molecule has 8 heteroatoms. The van der Waals surface area contributed by atoms with Crippen LogP contribution in [-0.4, -0.2) is 45.0 Å². The van der Waals surface area contributed by atoms with Gasteiger partial charge in [0.1, 0.15) is 9.96 Å². The van der Waals surface area contributed by atoms with Gasteiger partial charge in [-0.1, -0.05) is 6.07 Å². The summed E-state index contributed by atoms with van der Waals surface area (Å²) < 4.78 is 32.4. The Morgan fingerprint density at radius 1 is 1.18 bits per heavy atom. The summed E-state index contributed by atoms with van der Waals surface area (Å²) in [7, 11) is -2.04. The first-order valence-electron chi connectivity index (χ1n) is 9.37. The summed E-state index contributed by atoms with van der Waals surface area (Å²) in [5.41, 5.74) is 0.533. The molecule has 1 fully saturated rings. The van der Waals surface area contributed by atoms with Crippen LogP contribution in [0, 0.1) is 0 Å². The maximum absolute atomic E-state index is 12.6. The van der Waals surface area contributed by atoms with Gasteiger partial charge in [-0.25, -0.2) is 8.42 Å². The van der Waals surface area contributed by atoms with E-state index in [1.807, 2.05) is 4.90 Å². The number of thiophene rings is 1. The van der Waals surface area contributed by atoms with Crippen molar-refractivity contribution in [2.75, 3.05) is 18.0 Å². The molecule has 0 spiro atoms. The van der Waals surface area contributed by atoms with Crippen molar-refractivity contribution in [3.63, 3.8) is 0 Å². The van der Waals surface area contributed by atoms with Gasteiger partial charge in [-0.3, -0.25) is 9.10 Å². The smallest absolute Gasteiger partial charge is 0.273 e. The van der Waals surface area contributed by atoms with Crippen molar-refractivity contribution in [1.29, 1.82) is 0 Å². The number of carbonyl (C=O) groups is 1. The molecule has 2 heterocycles. The van der Waals surface area contributed by atoms with Crippen molar-refractivity contribution in [2.45, 2.75) is 49.4 Å². The van der Waals surface area contributed by atoms with Crippen LogP contribution in [-0.2, 0) is 14.8 Å². The molecule has 1 aliphatic heterocycles. The van der Waals surface area contributed by atoms with Crippen molar-refractivity contribution in [3.05, 3.63) is 41.8 Å². The van der Waals surface area contributed by atoms with Gasteiger partial charge in [-0.15, -0.1) is 11.3 Å². The third-order valence-corrected chi connectivity index (χ3v) is 8.31. The molecule has 2 unspecified atom stereocenters. The zero-order valence-corrected chi connectivity index (χ0v) is 18.0. The second-order valence-electron chi connectivity index (χ2n) is 7.12. The number of hydrogen-bond donors (Lipinski definition) is 0. The van der Waals surface area contributed by atoms with E-state index in [2.05, 4.69) is 13.8 Å². The molecule has 1 aliphatic rings. The number of amides is 1. The summed E-state index contributed by atoms with van der Waals surface area (Å²) in [5.74, 6) is 0.525. The predicted octanol–water partition coefficient (Wildman–Crippen LogP) is 3.74. The van der Waals surface area contributed by atoms with Crippen LogP contribution in [0.1, 0.15) is 33.1 Å². The molecule has 0 bridgehead atoms. The second kappa shape index (κ2) is 8.53. The molecule has 28 heavy (non-hydrogen) atoms. The third kappa shape index (κ3) is 4.33. The fourth-order valence-electron chi connectivity index (χ4n) is 3.57. The first-order valence-corrected chi connectivity index (χ1v) is 11.7. The molecule has 1 amide bonds. The van der Waals surface area contributed by atoms with Gasteiger partial charge in [0, 0.05) is 19.1 Å². The maximum atomic E-state index is 12.6.